The smallest absolute Gasteiger partial charge is 0.383 e. The fraction of sp³-hybridized carbons (Fsp3) is 0.692. The minimum Gasteiger partial charge on any atom is -0.383 e. The summed E-state index contributed by atoms with van der Waals surface area (Å²) in [5.41, 5.74) is 0.406. The van der Waals surface area contributed by atoms with E-state index in [-0.39, 0.29) is 18.7 Å². The van der Waals surface area contributed by atoms with Gasteiger partial charge in [-0.25, -0.2) is 4.68 Å². The maximum Gasteiger partial charge on any atom is 0.411 e. The van der Waals surface area contributed by atoms with E-state index in [0.29, 0.717) is 18.0 Å². The van der Waals surface area contributed by atoms with Crippen molar-refractivity contribution in [3.8, 4) is 0 Å². The van der Waals surface area contributed by atoms with E-state index in [1.807, 2.05) is 0 Å². The molecule has 0 unspecified atom stereocenters. The second-order valence-electron chi connectivity index (χ2n) is 5.15. The van der Waals surface area contributed by atoms with Crippen molar-refractivity contribution in [3.63, 3.8) is 0 Å². The van der Waals surface area contributed by atoms with Gasteiger partial charge in [0.15, 0.2) is 0 Å². The molecule has 1 heterocycles. The molecule has 8 heteroatoms. The van der Waals surface area contributed by atoms with Gasteiger partial charge in [-0.3, -0.25) is 4.79 Å². The van der Waals surface area contributed by atoms with Gasteiger partial charge in [-0.2, -0.15) is 18.3 Å². The molecule has 0 aliphatic heterocycles. The van der Waals surface area contributed by atoms with Crippen LogP contribution in [0.5, 0.6) is 0 Å². The van der Waals surface area contributed by atoms with Crippen LogP contribution in [-0.4, -0.2) is 35.7 Å². The number of anilines is 1. The third kappa shape index (κ3) is 6.16. The molecule has 1 aromatic rings. The molecule has 21 heavy (non-hydrogen) atoms. The summed E-state index contributed by atoms with van der Waals surface area (Å²) < 4.78 is 41.2. The average Bonchev–Trinajstić information content (AvgIpc) is 3.21. The molecule has 0 aromatic carbocycles. The molecule has 1 aromatic heterocycles. The Kier molecular flexibility index (Phi) is 5.22. The molecule has 1 fully saturated rings. The molecule has 1 aliphatic rings. The van der Waals surface area contributed by atoms with Crippen LogP contribution >= 0.6 is 0 Å². The summed E-state index contributed by atoms with van der Waals surface area (Å²) in [5.74, 6) is 0.693. The third-order valence-corrected chi connectivity index (χ3v) is 3.09. The quantitative estimate of drug-likeness (QED) is 0.747. The summed E-state index contributed by atoms with van der Waals surface area (Å²) in [7, 11) is 0. The molecule has 0 spiro atoms. The van der Waals surface area contributed by atoms with Crippen molar-refractivity contribution in [2.45, 2.75) is 32.0 Å². The van der Waals surface area contributed by atoms with E-state index in [1.54, 1.807) is 6.20 Å². The SMILES string of the molecule is O=c1cc(NCC2CC2)cnn1CCCOCC(F)(F)F. The number of aromatic nitrogens is 2. The number of rotatable bonds is 8. The highest BCUT2D eigenvalue weighted by Gasteiger charge is 2.27. The molecule has 0 radical (unpaired) electrons. The standard InChI is InChI=1S/C13H18F3N3O2/c14-13(15,16)9-21-5-1-4-19-12(20)6-11(8-18-19)17-7-10-2-3-10/h6,8,10,17H,1-5,7,9H2. The first-order valence-corrected chi connectivity index (χ1v) is 6.89. The lowest BCUT2D eigenvalue weighted by molar-refractivity contribution is -0.174. The Hall–Kier alpha value is -1.57. The fourth-order valence-corrected chi connectivity index (χ4v) is 1.79. The predicted molar refractivity (Wildman–Crippen MR) is 71.2 cm³/mol. The van der Waals surface area contributed by atoms with Gasteiger partial charge in [-0.05, 0) is 25.2 Å². The number of ether oxygens (including phenoxy) is 1. The minimum atomic E-state index is -4.32. The van der Waals surface area contributed by atoms with Crippen LogP contribution in [0.25, 0.3) is 0 Å². The molecule has 1 N–H and O–H groups in total. The molecular weight excluding hydrogens is 287 g/mol. The highest BCUT2D eigenvalue weighted by Crippen LogP contribution is 2.28. The number of nitrogens with zero attached hydrogens (tertiary/aromatic N) is 2. The summed E-state index contributed by atoms with van der Waals surface area (Å²) in [4.78, 5) is 11.8. The molecule has 0 saturated heterocycles. The number of halogens is 3. The number of hydrogen-bond acceptors (Lipinski definition) is 4. The second-order valence-corrected chi connectivity index (χ2v) is 5.15. The van der Waals surface area contributed by atoms with Crippen LogP contribution in [0, 0.1) is 5.92 Å². The van der Waals surface area contributed by atoms with Crippen LogP contribution in [0.1, 0.15) is 19.3 Å². The number of nitrogens with one attached hydrogen (secondary N) is 1. The Labute approximate surface area is 120 Å². The lowest BCUT2D eigenvalue weighted by Crippen LogP contribution is -2.24. The van der Waals surface area contributed by atoms with Crippen LogP contribution in [0.4, 0.5) is 18.9 Å². The first-order chi connectivity index (χ1) is 9.94. The molecular formula is C13H18F3N3O2. The largest absolute Gasteiger partial charge is 0.411 e. The molecule has 0 bridgehead atoms. The second kappa shape index (κ2) is 6.93. The van der Waals surface area contributed by atoms with E-state index in [2.05, 4.69) is 15.2 Å². The van der Waals surface area contributed by atoms with E-state index in [9.17, 15) is 18.0 Å². The number of aryl methyl sites for hydroxylation is 1. The van der Waals surface area contributed by atoms with Crippen molar-refractivity contribution in [1.29, 1.82) is 0 Å². The molecule has 0 atom stereocenters. The fourth-order valence-electron chi connectivity index (χ4n) is 1.79. The van der Waals surface area contributed by atoms with Crippen molar-refractivity contribution >= 4 is 5.69 Å². The Morgan fingerprint density at radius 1 is 1.43 bits per heavy atom. The molecule has 1 aliphatic carbocycles. The minimum absolute atomic E-state index is 0.0602. The summed E-state index contributed by atoms with van der Waals surface area (Å²) in [6.07, 6.45) is -0.0208. The Balaban J connectivity index is 1.71. The van der Waals surface area contributed by atoms with E-state index < -0.39 is 12.8 Å². The van der Waals surface area contributed by atoms with Gasteiger partial charge in [-0.1, -0.05) is 0 Å². The van der Waals surface area contributed by atoms with Crippen molar-refractivity contribution in [3.05, 3.63) is 22.6 Å². The van der Waals surface area contributed by atoms with Crippen LogP contribution in [0.2, 0.25) is 0 Å². The molecule has 118 valence electrons. The summed E-state index contributed by atoms with van der Waals surface area (Å²) in [5, 5.41) is 7.13. The molecule has 5 nitrogen and oxygen atoms in total. The van der Waals surface area contributed by atoms with Gasteiger partial charge in [0.05, 0.1) is 11.9 Å². The van der Waals surface area contributed by atoms with E-state index in [4.69, 9.17) is 0 Å². The highest BCUT2D eigenvalue weighted by molar-refractivity contribution is 5.38. The molecule has 0 amide bonds. The van der Waals surface area contributed by atoms with Gasteiger partial charge in [0.2, 0.25) is 0 Å². The van der Waals surface area contributed by atoms with Gasteiger partial charge < -0.3 is 10.1 Å². The lowest BCUT2D eigenvalue weighted by atomic mass is 10.4. The molecule has 1 saturated carbocycles. The van der Waals surface area contributed by atoms with Crippen molar-refractivity contribution in [2.75, 3.05) is 25.1 Å². The van der Waals surface area contributed by atoms with Crippen LogP contribution in [0.3, 0.4) is 0 Å². The Bertz CT molecular complexity index is 512. The van der Waals surface area contributed by atoms with Crippen molar-refractivity contribution in [2.24, 2.45) is 5.92 Å². The zero-order valence-corrected chi connectivity index (χ0v) is 11.5. The van der Waals surface area contributed by atoms with Gasteiger partial charge >= 0.3 is 6.18 Å². The Morgan fingerprint density at radius 3 is 2.81 bits per heavy atom. The van der Waals surface area contributed by atoms with Crippen molar-refractivity contribution in [1.82, 2.24) is 9.78 Å². The number of alkyl halides is 3. The first-order valence-electron chi connectivity index (χ1n) is 6.89. The Morgan fingerprint density at radius 2 is 2.19 bits per heavy atom. The first kappa shape index (κ1) is 15.8. The number of hydrogen-bond donors (Lipinski definition) is 1. The van der Waals surface area contributed by atoms with Crippen molar-refractivity contribution < 1.29 is 17.9 Å². The van der Waals surface area contributed by atoms with Gasteiger partial charge in [0, 0.05) is 25.8 Å². The van der Waals surface area contributed by atoms with E-state index >= 15 is 0 Å². The zero-order valence-electron chi connectivity index (χ0n) is 11.5. The van der Waals surface area contributed by atoms with Gasteiger partial charge in [0.1, 0.15) is 6.61 Å². The highest BCUT2D eigenvalue weighted by atomic mass is 19.4. The normalized spacial score (nSPS) is 15.2. The summed E-state index contributed by atoms with van der Waals surface area (Å²) >= 11 is 0. The monoisotopic (exact) mass is 305 g/mol. The topological polar surface area (TPSA) is 56.2 Å². The van der Waals surface area contributed by atoms with E-state index in [1.165, 1.54) is 23.6 Å². The predicted octanol–water partition coefficient (Wildman–Crippen LogP) is 2.03. The third-order valence-electron chi connectivity index (χ3n) is 3.09. The van der Waals surface area contributed by atoms with Crippen LogP contribution < -0.4 is 10.9 Å². The lowest BCUT2D eigenvalue weighted by Gasteiger charge is -2.09. The zero-order chi connectivity index (χ0) is 15.3. The van der Waals surface area contributed by atoms with Gasteiger partial charge in [0.25, 0.3) is 5.56 Å². The summed E-state index contributed by atoms with van der Waals surface area (Å²) in [6, 6.07) is 1.45. The average molecular weight is 305 g/mol. The van der Waals surface area contributed by atoms with Gasteiger partial charge in [-0.15, -0.1) is 0 Å². The summed E-state index contributed by atoms with van der Waals surface area (Å²) in [6.45, 7) is -0.245. The maximum absolute atomic E-state index is 11.8. The van der Waals surface area contributed by atoms with Crippen LogP contribution in [0.15, 0.2) is 17.1 Å². The maximum atomic E-state index is 11.8. The van der Waals surface area contributed by atoms with Crippen LogP contribution in [-0.2, 0) is 11.3 Å². The molecule has 2 rings (SSSR count). The van der Waals surface area contributed by atoms with E-state index in [0.717, 1.165) is 6.54 Å².